The Bertz CT molecular complexity index is 1260. The Morgan fingerprint density at radius 3 is 2.35 bits per heavy atom. The van der Waals surface area contributed by atoms with Crippen molar-refractivity contribution in [3.8, 4) is 11.3 Å². The van der Waals surface area contributed by atoms with Gasteiger partial charge in [-0.1, -0.05) is 44.2 Å². The van der Waals surface area contributed by atoms with Gasteiger partial charge in [-0.2, -0.15) is 0 Å². The Morgan fingerprint density at radius 2 is 1.65 bits per heavy atom. The van der Waals surface area contributed by atoms with E-state index >= 15 is 0 Å². The average Bonchev–Trinajstić information content (AvgIpc) is 3.31. The highest BCUT2D eigenvalue weighted by atomic mass is 16.2. The van der Waals surface area contributed by atoms with Crippen LogP contribution in [-0.4, -0.2) is 52.3 Å². The van der Waals surface area contributed by atoms with Gasteiger partial charge in [-0.05, 0) is 49.5 Å². The first-order valence-electron chi connectivity index (χ1n) is 11.5. The number of fused-ring (bicyclic) bond motifs is 1. The quantitative estimate of drug-likeness (QED) is 0.394. The molecule has 7 heteroatoms. The highest BCUT2D eigenvalue weighted by Crippen LogP contribution is 2.20. The molecule has 7 nitrogen and oxygen atoms in total. The minimum atomic E-state index is -0.233. The van der Waals surface area contributed by atoms with E-state index in [2.05, 4.69) is 34.4 Å². The highest BCUT2D eigenvalue weighted by molar-refractivity contribution is 6.05. The number of nitrogens with zero attached hydrogens (tertiary/aromatic N) is 3. The molecular weight excluding hydrogens is 426 g/mol. The molecule has 0 aliphatic carbocycles. The lowest BCUT2D eigenvalue weighted by Crippen LogP contribution is -2.34. The molecule has 2 amide bonds. The van der Waals surface area contributed by atoms with E-state index in [-0.39, 0.29) is 11.8 Å². The fourth-order valence-corrected chi connectivity index (χ4v) is 3.75. The van der Waals surface area contributed by atoms with Crippen molar-refractivity contribution < 1.29 is 9.59 Å². The van der Waals surface area contributed by atoms with Gasteiger partial charge in [0.1, 0.15) is 5.65 Å². The lowest BCUT2D eigenvalue weighted by Gasteiger charge is -2.18. The molecule has 0 aliphatic heterocycles. The standard InChI is InChI=1S/C27H29N5O2/c1-3-31(4-2)17-15-28-26(33)21-10-12-23(13-11-21)29-27(34)22-14-16-32-19-24(30-25(32)18-22)20-8-6-5-7-9-20/h5-14,16,18-19H,3-4,15,17H2,1-2H3,(H,28,33)(H,29,34). The van der Waals surface area contributed by atoms with Gasteiger partial charge in [0, 0.05) is 47.9 Å². The van der Waals surface area contributed by atoms with Crippen molar-refractivity contribution >= 4 is 23.1 Å². The SMILES string of the molecule is CCN(CC)CCNC(=O)c1ccc(NC(=O)c2ccn3cc(-c4ccccc4)nc3c2)cc1. The molecule has 0 saturated carbocycles. The Morgan fingerprint density at radius 1 is 0.912 bits per heavy atom. The van der Waals surface area contributed by atoms with E-state index < -0.39 is 0 Å². The molecule has 174 valence electrons. The number of imidazole rings is 1. The first-order chi connectivity index (χ1) is 16.6. The summed E-state index contributed by atoms with van der Waals surface area (Å²) in [5.74, 6) is -0.354. The molecule has 0 radical (unpaired) electrons. The molecule has 0 fully saturated rings. The van der Waals surface area contributed by atoms with Crippen molar-refractivity contribution in [2.75, 3.05) is 31.5 Å². The first-order valence-corrected chi connectivity index (χ1v) is 11.5. The summed E-state index contributed by atoms with van der Waals surface area (Å²) in [6, 6.07) is 20.3. The van der Waals surface area contributed by atoms with E-state index in [4.69, 9.17) is 0 Å². The Labute approximate surface area is 199 Å². The number of benzene rings is 2. The van der Waals surface area contributed by atoms with Gasteiger partial charge in [0.15, 0.2) is 0 Å². The fourth-order valence-electron chi connectivity index (χ4n) is 3.75. The van der Waals surface area contributed by atoms with Crippen molar-refractivity contribution in [3.05, 3.63) is 90.3 Å². The summed E-state index contributed by atoms with van der Waals surface area (Å²) in [7, 11) is 0. The number of pyridine rings is 1. The third kappa shape index (κ3) is 5.50. The molecule has 2 heterocycles. The summed E-state index contributed by atoms with van der Waals surface area (Å²) in [5, 5.41) is 5.82. The Balaban J connectivity index is 1.38. The van der Waals surface area contributed by atoms with Crippen LogP contribution in [0.1, 0.15) is 34.6 Å². The van der Waals surface area contributed by atoms with Crippen LogP contribution in [-0.2, 0) is 0 Å². The number of hydrogen-bond acceptors (Lipinski definition) is 4. The third-order valence-corrected chi connectivity index (χ3v) is 5.80. The largest absolute Gasteiger partial charge is 0.351 e. The fraction of sp³-hybridized carbons (Fsp3) is 0.222. The molecule has 2 N–H and O–H groups in total. The molecule has 2 aromatic heterocycles. The van der Waals surface area contributed by atoms with E-state index in [0.717, 1.165) is 30.9 Å². The second-order valence-electron chi connectivity index (χ2n) is 7.99. The Hall–Kier alpha value is -3.97. The molecule has 2 aromatic carbocycles. The molecule has 0 saturated heterocycles. The molecule has 4 aromatic rings. The second kappa shape index (κ2) is 10.8. The number of nitrogens with one attached hydrogen (secondary N) is 2. The maximum absolute atomic E-state index is 12.8. The number of anilines is 1. The van der Waals surface area contributed by atoms with Gasteiger partial charge in [-0.25, -0.2) is 4.98 Å². The number of amides is 2. The summed E-state index contributed by atoms with van der Waals surface area (Å²) >= 11 is 0. The van der Waals surface area contributed by atoms with Gasteiger partial charge in [0.2, 0.25) is 0 Å². The summed E-state index contributed by atoms with van der Waals surface area (Å²) < 4.78 is 1.90. The van der Waals surface area contributed by atoms with Gasteiger partial charge in [0.05, 0.1) is 5.69 Å². The minimum Gasteiger partial charge on any atom is -0.351 e. The van der Waals surface area contributed by atoms with E-state index in [1.807, 2.05) is 47.1 Å². The van der Waals surface area contributed by atoms with Crippen molar-refractivity contribution in [2.45, 2.75) is 13.8 Å². The summed E-state index contributed by atoms with van der Waals surface area (Å²) in [6.45, 7) is 7.55. The smallest absolute Gasteiger partial charge is 0.255 e. The molecule has 0 unspecified atom stereocenters. The second-order valence-corrected chi connectivity index (χ2v) is 7.99. The van der Waals surface area contributed by atoms with Crippen LogP contribution in [0.3, 0.4) is 0 Å². The van der Waals surface area contributed by atoms with Crippen LogP contribution >= 0.6 is 0 Å². The number of carbonyl (C=O) groups is 2. The van der Waals surface area contributed by atoms with Crippen LogP contribution < -0.4 is 10.6 Å². The molecular formula is C27H29N5O2. The van der Waals surface area contributed by atoms with Crippen molar-refractivity contribution in [1.82, 2.24) is 19.6 Å². The zero-order valence-electron chi connectivity index (χ0n) is 19.5. The maximum atomic E-state index is 12.8. The first kappa shape index (κ1) is 23.2. The zero-order chi connectivity index (χ0) is 23.9. The normalized spacial score (nSPS) is 11.0. The van der Waals surface area contributed by atoms with Crippen molar-refractivity contribution in [1.29, 1.82) is 0 Å². The van der Waals surface area contributed by atoms with Crippen LogP contribution in [0.5, 0.6) is 0 Å². The van der Waals surface area contributed by atoms with Crippen molar-refractivity contribution in [2.24, 2.45) is 0 Å². The number of hydrogen-bond donors (Lipinski definition) is 2. The summed E-state index contributed by atoms with van der Waals surface area (Å²) in [4.78, 5) is 32.0. The topological polar surface area (TPSA) is 78.7 Å². The van der Waals surface area contributed by atoms with Crippen LogP contribution in [0, 0.1) is 0 Å². The van der Waals surface area contributed by atoms with Gasteiger partial charge in [-0.3, -0.25) is 9.59 Å². The molecule has 0 spiro atoms. The van der Waals surface area contributed by atoms with E-state index in [1.165, 1.54) is 0 Å². The van der Waals surface area contributed by atoms with Gasteiger partial charge >= 0.3 is 0 Å². The number of likely N-dealkylation sites (N-methyl/N-ethyl adjacent to an activating group) is 1. The van der Waals surface area contributed by atoms with Crippen LogP contribution in [0.2, 0.25) is 0 Å². The molecule has 4 rings (SSSR count). The van der Waals surface area contributed by atoms with E-state index in [0.29, 0.717) is 29.0 Å². The zero-order valence-corrected chi connectivity index (χ0v) is 19.5. The predicted octanol–water partition coefficient (Wildman–Crippen LogP) is 4.33. The lowest BCUT2D eigenvalue weighted by molar-refractivity contribution is 0.0948. The lowest BCUT2D eigenvalue weighted by atomic mass is 10.2. The van der Waals surface area contributed by atoms with Gasteiger partial charge < -0.3 is 19.9 Å². The molecule has 34 heavy (non-hydrogen) atoms. The van der Waals surface area contributed by atoms with Crippen LogP contribution in [0.4, 0.5) is 5.69 Å². The monoisotopic (exact) mass is 455 g/mol. The maximum Gasteiger partial charge on any atom is 0.255 e. The predicted molar refractivity (Wildman–Crippen MR) is 135 cm³/mol. The van der Waals surface area contributed by atoms with E-state index in [9.17, 15) is 9.59 Å². The molecule has 0 atom stereocenters. The molecule has 0 aliphatic rings. The summed E-state index contributed by atoms with van der Waals surface area (Å²) in [5.41, 5.74) is 4.26. The van der Waals surface area contributed by atoms with Gasteiger partial charge in [-0.15, -0.1) is 0 Å². The third-order valence-electron chi connectivity index (χ3n) is 5.80. The Kier molecular flexibility index (Phi) is 7.34. The van der Waals surface area contributed by atoms with Crippen LogP contribution in [0.15, 0.2) is 79.1 Å². The minimum absolute atomic E-state index is 0.121. The number of rotatable bonds is 9. The highest BCUT2D eigenvalue weighted by Gasteiger charge is 2.11. The summed E-state index contributed by atoms with van der Waals surface area (Å²) in [6.07, 6.45) is 3.77. The number of aromatic nitrogens is 2. The number of carbonyl (C=O) groups excluding carboxylic acids is 2. The average molecular weight is 456 g/mol. The van der Waals surface area contributed by atoms with Crippen LogP contribution in [0.25, 0.3) is 16.9 Å². The molecule has 0 bridgehead atoms. The van der Waals surface area contributed by atoms with E-state index in [1.54, 1.807) is 36.4 Å². The van der Waals surface area contributed by atoms with Gasteiger partial charge in [0.25, 0.3) is 11.8 Å². The van der Waals surface area contributed by atoms with Crippen molar-refractivity contribution in [3.63, 3.8) is 0 Å².